The highest BCUT2D eigenvalue weighted by atomic mass is 16.5. The molecule has 0 saturated carbocycles. The van der Waals surface area contributed by atoms with E-state index in [-0.39, 0.29) is 17.7 Å². The molecule has 5 nitrogen and oxygen atoms in total. The predicted molar refractivity (Wildman–Crippen MR) is 75.7 cm³/mol. The summed E-state index contributed by atoms with van der Waals surface area (Å²) in [5.41, 5.74) is 2.27. The number of nitrogens with zero attached hydrogens (tertiary/aromatic N) is 1. The third-order valence-corrected chi connectivity index (χ3v) is 3.47. The number of carbonyl (C=O) groups excluding carboxylic acids is 1. The molecule has 0 bridgehead atoms. The lowest BCUT2D eigenvalue weighted by molar-refractivity contribution is -0.119. The number of carbonyl (C=O) groups is 1. The van der Waals surface area contributed by atoms with Crippen LogP contribution in [-0.4, -0.2) is 24.1 Å². The van der Waals surface area contributed by atoms with Crippen LogP contribution in [0.5, 0.6) is 0 Å². The minimum atomic E-state index is -0.0470. The van der Waals surface area contributed by atoms with E-state index in [1.54, 1.807) is 0 Å². The van der Waals surface area contributed by atoms with E-state index < -0.39 is 0 Å². The highest BCUT2D eigenvalue weighted by molar-refractivity contribution is 5.94. The summed E-state index contributed by atoms with van der Waals surface area (Å²) in [6.07, 6.45) is 0.787. The van der Waals surface area contributed by atoms with Gasteiger partial charge in [-0.2, -0.15) is 0 Å². The molecule has 3 rings (SSSR count). The fourth-order valence-corrected chi connectivity index (χ4v) is 2.26. The Balaban J connectivity index is 1.79. The second kappa shape index (κ2) is 5.25. The molecule has 0 aliphatic carbocycles. The number of fused-ring (bicyclic) bond motifs is 1. The molecule has 1 N–H and O–H groups in total. The summed E-state index contributed by atoms with van der Waals surface area (Å²) in [5, 5.41) is 2.91. The zero-order valence-electron chi connectivity index (χ0n) is 11.7. The van der Waals surface area contributed by atoms with Crippen molar-refractivity contribution in [3.8, 4) is 0 Å². The van der Waals surface area contributed by atoms with Gasteiger partial charge in [0.2, 0.25) is 5.91 Å². The summed E-state index contributed by atoms with van der Waals surface area (Å²) in [6, 6.07) is 5.53. The van der Waals surface area contributed by atoms with Gasteiger partial charge < -0.3 is 14.5 Å². The number of oxazole rings is 1. The maximum atomic E-state index is 12.0. The summed E-state index contributed by atoms with van der Waals surface area (Å²) in [5.74, 6) is 0.924. The van der Waals surface area contributed by atoms with Gasteiger partial charge in [0.05, 0.1) is 12.5 Å². The van der Waals surface area contributed by atoms with Gasteiger partial charge in [-0.15, -0.1) is 0 Å². The van der Waals surface area contributed by atoms with Gasteiger partial charge in [-0.1, -0.05) is 13.8 Å². The van der Waals surface area contributed by atoms with Crippen LogP contribution < -0.4 is 5.32 Å². The van der Waals surface area contributed by atoms with Gasteiger partial charge in [0.1, 0.15) is 5.52 Å². The van der Waals surface area contributed by atoms with E-state index in [1.807, 2.05) is 32.0 Å². The first-order chi connectivity index (χ1) is 9.63. The fraction of sp³-hybridized carbons (Fsp3) is 0.467. The first kappa shape index (κ1) is 13.1. The standard InChI is InChI=1S/C15H18N2O3/c1-9(2)15-17-12-7-11(3-4-13(12)20-15)16-14(18)10-5-6-19-8-10/h3-4,7,9-10H,5-6,8H2,1-2H3,(H,16,18)/t10-/m1/s1. The van der Waals surface area contributed by atoms with Crippen LogP contribution in [0.15, 0.2) is 22.6 Å². The molecule has 0 radical (unpaired) electrons. The number of aromatic nitrogens is 1. The van der Waals surface area contributed by atoms with Gasteiger partial charge in [0, 0.05) is 18.2 Å². The van der Waals surface area contributed by atoms with Crippen LogP contribution in [0.3, 0.4) is 0 Å². The SMILES string of the molecule is CC(C)c1nc2cc(NC(=O)[C@@H]3CCOC3)ccc2o1. The van der Waals surface area contributed by atoms with Crippen molar-refractivity contribution in [1.82, 2.24) is 4.98 Å². The molecule has 20 heavy (non-hydrogen) atoms. The van der Waals surface area contributed by atoms with Crippen LogP contribution in [0.4, 0.5) is 5.69 Å². The predicted octanol–water partition coefficient (Wildman–Crippen LogP) is 2.93. The van der Waals surface area contributed by atoms with Crippen LogP contribution >= 0.6 is 0 Å². The normalized spacial score (nSPS) is 18.9. The maximum Gasteiger partial charge on any atom is 0.229 e. The average Bonchev–Trinajstić information content (AvgIpc) is 3.07. The summed E-state index contributed by atoms with van der Waals surface area (Å²) in [7, 11) is 0. The molecule has 1 amide bonds. The first-order valence-electron chi connectivity index (χ1n) is 6.92. The molecule has 1 atom stereocenters. The zero-order valence-corrected chi connectivity index (χ0v) is 11.7. The number of benzene rings is 1. The molecule has 1 fully saturated rings. The number of ether oxygens (including phenoxy) is 1. The van der Waals surface area contributed by atoms with Crippen LogP contribution in [0.2, 0.25) is 0 Å². The van der Waals surface area contributed by atoms with Crippen molar-refractivity contribution < 1.29 is 13.9 Å². The fourth-order valence-electron chi connectivity index (χ4n) is 2.26. The van der Waals surface area contributed by atoms with Crippen LogP contribution in [-0.2, 0) is 9.53 Å². The second-order valence-electron chi connectivity index (χ2n) is 5.44. The lowest BCUT2D eigenvalue weighted by Gasteiger charge is -2.08. The summed E-state index contributed by atoms with van der Waals surface area (Å²) in [6.45, 7) is 5.24. The maximum absolute atomic E-state index is 12.0. The number of nitrogens with one attached hydrogen (secondary N) is 1. The van der Waals surface area contributed by atoms with Crippen molar-refractivity contribution in [2.24, 2.45) is 5.92 Å². The Bertz CT molecular complexity index is 627. The van der Waals surface area contributed by atoms with Crippen molar-refractivity contribution in [3.63, 3.8) is 0 Å². The van der Waals surface area contributed by atoms with Gasteiger partial charge >= 0.3 is 0 Å². The van der Waals surface area contributed by atoms with Crippen LogP contribution in [0.25, 0.3) is 11.1 Å². The lowest BCUT2D eigenvalue weighted by Crippen LogP contribution is -2.22. The number of amides is 1. The summed E-state index contributed by atoms with van der Waals surface area (Å²) < 4.78 is 10.9. The second-order valence-corrected chi connectivity index (χ2v) is 5.44. The Labute approximate surface area is 117 Å². The van der Waals surface area contributed by atoms with Gasteiger partial charge in [-0.05, 0) is 24.6 Å². The van der Waals surface area contributed by atoms with Crippen LogP contribution in [0, 0.1) is 5.92 Å². The Morgan fingerprint density at radius 2 is 2.30 bits per heavy atom. The number of hydrogen-bond acceptors (Lipinski definition) is 4. The monoisotopic (exact) mass is 274 g/mol. The molecule has 0 spiro atoms. The molecule has 2 heterocycles. The summed E-state index contributed by atoms with van der Waals surface area (Å²) >= 11 is 0. The van der Waals surface area contributed by atoms with Crippen molar-refractivity contribution in [3.05, 3.63) is 24.1 Å². The topological polar surface area (TPSA) is 64.4 Å². The molecule has 1 aliphatic rings. The Morgan fingerprint density at radius 3 is 3.00 bits per heavy atom. The van der Waals surface area contributed by atoms with Gasteiger partial charge in [-0.3, -0.25) is 4.79 Å². The quantitative estimate of drug-likeness (QED) is 0.934. The molecule has 1 saturated heterocycles. The number of hydrogen-bond donors (Lipinski definition) is 1. The highest BCUT2D eigenvalue weighted by Gasteiger charge is 2.23. The van der Waals surface area contributed by atoms with Gasteiger partial charge in [0.15, 0.2) is 11.5 Å². The van der Waals surface area contributed by atoms with Crippen molar-refractivity contribution in [2.45, 2.75) is 26.2 Å². The summed E-state index contributed by atoms with van der Waals surface area (Å²) in [4.78, 5) is 16.5. The molecule has 1 aliphatic heterocycles. The largest absolute Gasteiger partial charge is 0.440 e. The first-order valence-corrected chi connectivity index (χ1v) is 6.92. The van der Waals surface area contributed by atoms with Crippen molar-refractivity contribution >= 4 is 22.7 Å². The van der Waals surface area contributed by atoms with E-state index in [4.69, 9.17) is 9.15 Å². The van der Waals surface area contributed by atoms with E-state index in [1.165, 1.54) is 0 Å². The number of anilines is 1. The molecule has 1 aromatic carbocycles. The third kappa shape index (κ3) is 2.54. The Kier molecular flexibility index (Phi) is 3.44. The van der Waals surface area contributed by atoms with E-state index in [9.17, 15) is 4.79 Å². The van der Waals surface area contributed by atoms with Crippen molar-refractivity contribution in [1.29, 1.82) is 0 Å². The minimum Gasteiger partial charge on any atom is -0.440 e. The molecule has 2 aromatic rings. The van der Waals surface area contributed by atoms with E-state index >= 15 is 0 Å². The average molecular weight is 274 g/mol. The third-order valence-electron chi connectivity index (χ3n) is 3.47. The molecular formula is C15H18N2O3. The molecule has 0 unspecified atom stereocenters. The van der Waals surface area contributed by atoms with E-state index in [2.05, 4.69) is 10.3 Å². The zero-order chi connectivity index (χ0) is 14.1. The van der Waals surface area contributed by atoms with Crippen molar-refractivity contribution in [2.75, 3.05) is 18.5 Å². The molecule has 1 aromatic heterocycles. The lowest BCUT2D eigenvalue weighted by atomic mass is 10.1. The van der Waals surface area contributed by atoms with Gasteiger partial charge in [-0.25, -0.2) is 4.98 Å². The number of rotatable bonds is 3. The molecule has 5 heteroatoms. The van der Waals surface area contributed by atoms with Crippen LogP contribution in [0.1, 0.15) is 32.1 Å². The van der Waals surface area contributed by atoms with E-state index in [0.29, 0.717) is 19.1 Å². The van der Waals surface area contributed by atoms with Gasteiger partial charge in [0.25, 0.3) is 0 Å². The Morgan fingerprint density at radius 1 is 1.45 bits per heavy atom. The molecule has 106 valence electrons. The molecular weight excluding hydrogens is 256 g/mol. The Hall–Kier alpha value is -1.88. The minimum absolute atomic E-state index is 0.00873. The van der Waals surface area contributed by atoms with E-state index in [0.717, 1.165) is 23.2 Å². The smallest absolute Gasteiger partial charge is 0.229 e. The highest BCUT2D eigenvalue weighted by Crippen LogP contribution is 2.24.